The molecule has 0 aliphatic carbocycles. The molecular weight excluding hydrogens is 305 g/mol. The summed E-state index contributed by atoms with van der Waals surface area (Å²) in [6.45, 7) is 0. The van der Waals surface area contributed by atoms with Crippen molar-refractivity contribution in [2.75, 3.05) is 7.11 Å². The van der Waals surface area contributed by atoms with Crippen molar-refractivity contribution in [2.24, 2.45) is 0 Å². The maximum Gasteiger partial charge on any atom is 0.337 e. The first-order valence-electron chi connectivity index (χ1n) is 6.52. The van der Waals surface area contributed by atoms with Crippen LogP contribution in [-0.4, -0.2) is 18.1 Å². The number of ether oxygens (including phenoxy) is 1. The van der Waals surface area contributed by atoms with Crippen LogP contribution in [0.3, 0.4) is 0 Å². The van der Waals surface area contributed by atoms with Crippen molar-refractivity contribution in [1.82, 2.24) is 4.98 Å². The Morgan fingerprint density at radius 3 is 2.68 bits per heavy atom. The van der Waals surface area contributed by atoms with Gasteiger partial charge in [0, 0.05) is 22.2 Å². The number of fused-ring (bicyclic) bond motifs is 1. The Morgan fingerprint density at radius 2 is 1.95 bits per heavy atom. The molecule has 0 aliphatic rings. The lowest BCUT2D eigenvalue weighted by Crippen LogP contribution is -2.01. The average molecular weight is 316 g/mol. The van der Waals surface area contributed by atoms with Crippen molar-refractivity contribution in [3.05, 3.63) is 65.1 Å². The minimum Gasteiger partial charge on any atom is -0.465 e. The summed E-state index contributed by atoms with van der Waals surface area (Å²) in [5.74, 6) is -0.878. The minimum atomic E-state index is -0.451. The lowest BCUT2D eigenvalue weighted by atomic mass is 9.99. The number of aromatic nitrogens is 1. The second-order valence-corrected chi connectivity index (χ2v) is 5.14. The Morgan fingerprint density at radius 1 is 1.14 bits per heavy atom. The van der Waals surface area contributed by atoms with E-state index in [-0.39, 0.29) is 0 Å². The number of pyridine rings is 1. The highest BCUT2D eigenvalue weighted by atomic mass is 35.5. The van der Waals surface area contributed by atoms with E-state index in [1.807, 2.05) is 0 Å². The zero-order chi connectivity index (χ0) is 15.7. The molecule has 0 saturated heterocycles. The van der Waals surface area contributed by atoms with Gasteiger partial charge in [-0.15, -0.1) is 0 Å². The van der Waals surface area contributed by atoms with Crippen LogP contribution in [-0.2, 0) is 4.74 Å². The van der Waals surface area contributed by atoms with Gasteiger partial charge in [0.15, 0.2) is 0 Å². The minimum absolute atomic E-state index is 0.329. The number of carbonyl (C=O) groups is 1. The molecule has 1 aromatic heterocycles. The number of rotatable bonds is 2. The highest BCUT2D eigenvalue weighted by Gasteiger charge is 2.12. The van der Waals surface area contributed by atoms with Crippen molar-refractivity contribution < 1.29 is 13.9 Å². The standard InChI is InChI=1S/C17H11ClFNO2/c1-22-17(21)10-2-5-16-14(8-10)12(6-7-20-16)13-4-3-11(18)9-15(13)19/h2-9H,1H3. The van der Waals surface area contributed by atoms with Gasteiger partial charge in [0.1, 0.15) is 5.82 Å². The fourth-order valence-corrected chi connectivity index (χ4v) is 2.49. The molecule has 0 spiro atoms. The van der Waals surface area contributed by atoms with Gasteiger partial charge >= 0.3 is 5.97 Å². The summed E-state index contributed by atoms with van der Waals surface area (Å²) in [5, 5.41) is 1.00. The number of halogens is 2. The Bertz CT molecular complexity index is 880. The third-order valence-corrected chi connectivity index (χ3v) is 3.62. The van der Waals surface area contributed by atoms with Crippen molar-refractivity contribution in [1.29, 1.82) is 0 Å². The van der Waals surface area contributed by atoms with E-state index in [0.29, 0.717) is 32.6 Å². The van der Waals surface area contributed by atoms with Gasteiger partial charge in [-0.25, -0.2) is 9.18 Å². The third kappa shape index (κ3) is 2.53. The molecule has 0 fully saturated rings. The molecule has 0 aliphatic heterocycles. The van der Waals surface area contributed by atoms with E-state index in [1.165, 1.54) is 13.2 Å². The van der Waals surface area contributed by atoms with E-state index < -0.39 is 11.8 Å². The zero-order valence-corrected chi connectivity index (χ0v) is 12.4. The van der Waals surface area contributed by atoms with Crippen LogP contribution >= 0.6 is 11.6 Å². The highest BCUT2D eigenvalue weighted by Crippen LogP contribution is 2.31. The largest absolute Gasteiger partial charge is 0.465 e. The molecule has 0 radical (unpaired) electrons. The first-order valence-corrected chi connectivity index (χ1v) is 6.90. The Hall–Kier alpha value is -2.46. The number of hydrogen-bond donors (Lipinski definition) is 0. The smallest absolute Gasteiger partial charge is 0.337 e. The van der Waals surface area contributed by atoms with Gasteiger partial charge < -0.3 is 4.74 Å². The second-order valence-electron chi connectivity index (χ2n) is 4.71. The molecule has 0 atom stereocenters. The van der Waals surface area contributed by atoms with Crippen molar-refractivity contribution in [2.45, 2.75) is 0 Å². The molecule has 110 valence electrons. The number of hydrogen-bond acceptors (Lipinski definition) is 3. The number of carbonyl (C=O) groups excluding carboxylic acids is 1. The molecule has 1 heterocycles. The molecule has 3 rings (SSSR count). The average Bonchev–Trinajstić information content (AvgIpc) is 2.53. The van der Waals surface area contributed by atoms with Gasteiger partial charge in [0.05, 0.1) is 18.2 Å². The molecule has 22 heavy (non-hydrogen) atoms. The maximum absolute atomic E-state index is 14.2. The topological polar surface area (TPSA) is 39.2 Å². The molecule has 0 unspecified atom stereocenters. The Balaban J connectivity index is 2.26. The molecule has 0 bridgehead atoms. The number of methoxy groups -OCH3 is 1. The van der Waals surface area contributed by atoms with Crippen LogP contribution in [0.25, 0.3) is 22.0 Å². The van der Waals surface area contributed by atoms with Crippen LogP contribution in [0.1, 0.15) is 10.4 Å². The summed E-state index contributed by atoms with van der Waals surface area (Å²) in [6.07, 6.45) is 1.60. The summed E-state index contributed by atoms with van der Waals surface area (Å²) < 4.78 is 18.9. The number of nitrogens with zero attached hydrogens (tertiary/aromatic N) is 1. The summed E-state index contributed by atoms with van der Waals surface area (Å²) in [7, 11) is 1.32. The molecule has 0 N–H and O–H groups in total. The lowest BCUT2D eigenvalue weighted by molar-refractivity contribution is 0.0601. The van der Waals surface area contributed by atoms with E-state index in [9.17, 15) is 9.18 Å². The summed E-state index contributed by atoms with van der Waals surface area (Å²) in [6, 6.07) is 11.2. The summed E-state index contributed by atoms with van der Waals surface area (Å²) >= 11 is 5.79. The summed E-state index contributed by atoms with van der Waals surface area (Å²) in [4.78, 5) is 15.9. The van der Waals surface area contributed by atoms with E-state index in [4.69, 9.17) is 16.3 Å². The molecule has 3 nitrogen and oxygen atoms in total. The van der Waals surface area contributed by atoms with Gasteiger partial charge in [-0.2, -0.15) is 0 Å². The van der Waals surface area contributed by atoms with Crippen LogP contribution in [0.5, 0.6) is 0 Å². The monoisotopic (exact) mass is 315 g/mol. The molecule has 0 amide bonds. The number of benzene rings is 2. The van der Waals surface area contributed by atoms with Gasteiger partial charge in [0.2, 0.25) is 0 Å². The van der Waals surface area contributed by atoms with Gasteiger partial charge in [-0.05, 0) is 48.0 Å². The highest BCUT2D eigenvalue weighted by molar-refractivity contribution is 6.30. The first kappa shape index (κ1) is 14.5. The van der Waals surface area contributed by atoms with Crippen LogP contribution in [0.15, 0.2) is 48.7 Å². The maximum atomic E-state index is 14.2. The van der Waals surface area contributed by atoms with Crippen LogP contribution < -0.4 is 0 Å². The van der Waals surface area contributed by atoms with E-state index >= 15 is 0 Å². The van der Waals surface area contributed by atoms with Gasteiger partial charge in [0.25, 0.3) is 0 Å². The molecule has 0 saturated carbocycles. The van der Waals surface area contributed by atoms with E-state index in [1.54, 1.807) is 42.6 Å². The molecule has 5 heteroatoms. The van der Waals surface area contributed by atoms with Crippen molar-refractivity contribution in [3.8, 4) is 11.1 Å². The zero-order valence-electron chi connectivity index (χ0n) is 11.6. The normalized spacial score (nSPS) is 10.7. The SMILES string of the molecule is COC(=O)c1ccc2nccc(-c3ccc(Cl)cc3F)c2c1. The van der Waals surface area contributed by atoms with Crippen LogP contribution in [0.4, 0.5) is 4.39 Å². The van der Waals surface area contributed by atoms with E-state index in [0.717, 1.165) is 0 Å². The fraction of sp³-hybridized carbons (Fsp3) is 0.0588. The number of esters is 1. The Labute approximate surface area is 131 Å². The van der Waals surface area contributed by atoms with Crippen molar-refractivity contribution in [3.63, 3.8) is 0 Å². The summed E-state index contributed by atoms with van der Waals surface area (Å²) in [5.41, 5.74) is 2.10. The van der Waals surface area contributed by atoms with Crippen LogP contribution in [0.2, 0.25) is 5.02 Å². The molecule has 3 aromatic rings. The lowest BCUT2D eigenvalue weighted by Gasteiger charge is -2.09. The van der Waals surface area contributed by atoms with E-state index in [2.05, 4.69) is 4.98 Å². The van der Waals surface area contributed by atoms with Crippen LogP contribution in [0, 0.1) is 5.82 Å². The predicted molar refractivity (Wildman–Crippen MR) is 83.5 cm³/mol. The molecule has 2 aromatic carbocycles. The Kier molecular flexibility index (Phi) is 3.77. The second kappa shape index (κ2) is 5.73. The first-order chi connectivity index (χ1) is 10.6. The quantitative estimate of drug-likeness (QED) is 0.654. The molecular formula is C17H11ClFNO2. The van der Waals surface area contributed by atoms with Gasteiger partial charge in [-0.3, -0.25) is 4.98 Å². The fourth-order valence-electron chi connectivity index (χ4n) is 2.33. The van der Waals surface area contributed by atoms with Crippen molar-refractivity contribution >= 4 is 28.5 Å². The van der Waals surface area contributed by atoms with Gasteiger partial charge in [-0.1, -0.05) is 11.6 Å². The third-order valence-electron chi connectivity index (χ3n) is 3.38. The predicted octanol–water partition coefficient (Wildman–Crippen LogP) is 4.48.